The van der Waals surface area contributed by atoms with Gasteiger partial charge < -0.3 is 19.9 Å². The number of piperazine rings is 1. The molecule has 0 radical (unpaired) electrons. The quantitative estimate of drug-likeness (QED) is 0.570. The summed E-state index contributed by atoms with van der Waals surface area (Å²) in [5.41, 5.74) is 2.27. The number of nitrogens with one attached hydrogen (secondary N) is 1. The lowest BCUT2D eigenvalue weighted by molar-refractivity contribution is -0.135. The summed E-state index contributed by atoms with van der Waals surface area (Å²) in [6, 6.07) is 6.21. The van der Waals surface area contributed by atoms with Crippen molar-refractivity contribution in [2.24, 2.45) is 4.99 Å². The highest BCUT2D eigenvalue weighted by Crippen LogP contribution is 2.19. The van der Waals surface area contributed by atoms with Crippen LogP contribution in [0.1, 0.15) is 37.8 Å². The molecular formula is C23H37N5O2. The predicted octanol–water partition coefficient (Wildman–Crippen LogP) is 2.10. The number of aryl methyl sites for hydroxylation is 1. The van der Waals surface area contributed by atoms with E-state index >= 15 is 0 Å². The van der Waals surface area contributed by atoms with Crippen molar-refractivity contribution in [3.05, 3.63) is 29.3 Å². The van der Waals surface area contributed by atoms with Crippen molar-refractivity contribution in [1.82, 2.24) is 20.0 Å². The van der Waals surface area contributed by atoms with Gasteiger partial charge in [0.1, 0.15) is 5.75 Å². The number of amides is 1. The van der Waals surface area contributed by atoms with E-state index < -0.39 is 0 Å². The van der Waals surface area contributed by atoms with E-state index in [-0.39, 0.29) is 11.9 Å². The molecule has 1 atom stereocenters. The number of benzene rings is 1. The Kier molecular flexibility index (Phi) is 7.96. The number of hydrogen-bond acceptors (Lipinski definition) is 4. The van der Waals surface area contributed by atoms with Gasteiger partial charge in [-0.05, 0) is 50.8 Å². The highest BCUT2D eigenvalue weighted by atomic mass is 16.5. The molecule has 2 fully saturated rings. The Bertz CT molecular complexity index is 737. The van der Waals surface area contributed by atoms with Crippen LogP contribution in [0.4, 0.5) is 0 Å². The van der Waals surface area contributed by atoms with Crippen LogP contribution < -0.4 is 10.1 Å². The van der Waals surface area contributed by atoms with Gasteiger partial charge in [-0.15, -0.1) is 0 Å². The zero-order chi connectivity index (χ0) is 21.5. The molecule has 7 heteroatoms. The summed E-state index contributed by atoms with van der Waals surface area (Å²) in [7, 11) is 1.70. The van der Waals surface area contributed by atoms with Crippen molar-refractivity contribution in [3.63, 3.8) is 0 Å². The van der Waals surface area contributed by atoms with Gasteiger partial charge in [-0.2, -0.15) is 0 Å². The van der Waals surface area contributed by atoms with Gasteiger partial charge in [-0.1, -0.05) is 12.1 Å². The molecule has 0 bridgehead atoms. The van der Waals surface area contributed by atoms with Crippen molar-refractivity contribution < 1.29 is 9.53 Å². The number of methoxy groups -OCH3 is 1. The second kappa shape index (κ2) is 10.7. The number of carbonyl (C=O) groups is 1. The van der Waals surface area contributed by atoms with Crippen molar-refractivity contribution in [2.45, 2.75) is 46.2 Å². The third kappa shape index (κ3) is 5.45. The fraction of sp³-hybridized carbons (Fsp3) is 0.652. The second-order valence-electron chi connectivity index (χ2n) is 8.21. The van der Waals surface area contributed by atoms with E-state index in [1.165, 1.54) is 0 Å². The summed E-state index contributed by atoms with van der Waals surface area (Å²) >= 11 is 0. The molecule has 7 nitrogen and oxygen atoms in total. The van der Waals surface area contributed by atoms with Gasteiger partial charge in [0.25, 0.3) is 0 Å². The fourth-order valence-electron chi connectivity index (χ4n) is 4.23. The van der Waals surface area contributed by atoms with Gasteiger partial charge in [-0.3, -0.25) is 9.69 Å². The zero-order valence-corrected chi connectivity index (χ0v) is 19.0. The number of ether oxygens (including phenoxy) is 1. The summed E-state index contributed by atoms with van der Waals surface area (Å²) in [4.78, 5) is 24.2. The Morgan fingerprint density at radius 3 is 2.47 bits per heavy atom. The minimum Gasteiger partial charge on any atom is -0.496 e. The monoisotopic (exact) mass is 415 g/mol. The summed E-state index contributed by atoms with van der Waals surface area (Å²) < 4.78 is 5.44. The summed E-state index contributed by atoms with van der Waals surface area (Å²) in [5, 5.41) is 3.43. The second-order valence-corrected chi connectivity index (χ2v) is 8.21. The van der Waals surface area contributed by atoms with E-state index in [2.05, 4.69) is 47.2 Å². The van der Waals surface area contributed by atoms with Crippen LogP contribution in [-0.4, -0.2) is 85.5 Å². The summed E-state index contributed by atoms with van der Waals surface area (Å²) in [5.74, 6) is 2.13. The molecule has 30 heavy (non-hydrogen) atoms. The van der Waals surface area contributed by atoms with Gasteiger partial charge in [0.2, 0.25) is 5.91 Å². The number of rotatable bonds is 6. The Hall–Kier alpha value is -2.28. The molecule has 2 saturated heterocycles. The van der Waals surface area contributed by atoms with Crippen LogP contribution in [0.3, 0.4) is 0 Å². The molecule has 0 aliphatic carbocycles. The van der Waals surface area contributed by atoms with Crippen molar-refractivity contribution in [1.29, 1.82) is 0 Å². The first kappa shape index (κ1) is 22.4. The van der Waals surface area contributed by atoms with Gasteiger partial charge in [0.15, 0.2) is 5.96 Å². The lowest BCUT2D eigenvalue weighted by Gasteiger charge is -2.39. The third-order valence-electron chi connectivity index (χ3n) is 6.16. The van der Waals surface area contributed by atoms with E-state index in [4.69, 9.17) is 9.73 Å². The number of hydrogen-bond donors (Lipinski definition) is 1. The first-order valence-corrected chi connectivity index (χ1v) is 11.2. The Morgan fingerprint density at radius 2 is 1.83 bits per heavy atom. The maximum atomic E-state index is 12.7. The number of guanidine groups is 1. The molecule has 0 saturated carbocycles. The van der Waals surface area contributed by atoms with Gasteiger partial charge >= 0.3 is 0 Å². The number of nitrogens with zero attached hydrogens (tertiary/aromatic N) is 4. The normalized spacial score (nSPS) is 19.1. The molecule has 1 aromatic rings. The molecule has 2 aliphatic heterocycles. The molecular weight excluding hydrogens is 378 g/mol. The number of aliphatic imine (C=N–C) groups is 1. The van der Waals surface area contributed by atoms with E-state index in [0.717, 1.165) is 81.5 Å². The highest BCUT2D eigenvalue weighted by Gasteiger charge is 2.30. The van der Waals surface area contributed by atoms with Gasteiger partial charge in [-0.25, -0.2) is 4.99 Å². The molecule has 2 aliphatic rings. The van der Waals surface area contributed by atoms with Gasteiger partial charge in [0.05, 0.1) is 19.7 Å². The molecule has 2 heterocycles. The van der Waals surface area contributed by atoms with Crippen LogP contribution >= 0.6 is 0 Å². The molecule has 1 aromatic carbocycles. The van der Waals surface area contributed by atoms with E-state index in [1.54, 1.807) is 7.11 Å². The predicted molar refractivity (Wildman–Crippen MR) is 121 cm³/mol. The Morgan fingerprint density at radius 1 is 1.13 bits per heavy atom. The zero-order valence-electron chi connectivity index (χ0n) is 19.0. The summed E-state index contributed by atoms with van der Waals surface area (Å²) in [6.07, 6.45) is 2.28. The van der Waals surface area contributed by atoms with Crippen LogP contribution in [-0.2, 0) is 11.3 Å². The van der Waals surface area contributed by atoms with E-state index in [1.807, 2.05) is 11.8 Å². The third-order valence-corrected chi connectivity index (χ3v) is 6.16. The minimum atomic E-state index is -0.0372. The lowest BCUT2D eigenvalue weighted by Crippen LogP contribution is -2.57. The van der Waals surface area contributed by atoms with Crippen molar-refractivity contribution in [2.75, 3.05) is 52.9 Å². The average Bonchev–Trinajstić information content (AvgIpc) is 3.31. The van der Waals surface area contributed by atoms with Crippen LogP contribution in [0.2, 0.25) is 0 Å². The Balaban J connectivity index is 1.58. The number of likely N-dealkylation sites (tertiary alicyclic amines) is 1. The van der Waals surface area contributed by atoms with Crippen molar-refractivity contribution >= 4 is 11.9 Å². The lowest BCUT2D eigenvalue weighted by atomic mass is 10.1. The van der Waals surface area contributed by atoms with Crippen molar-refractivity contribution in [3.8, 4) is 5.75 Å². The molecule has 3 rings (SSSR count). The number of carbonyl (C=O) groups excluding carboxylic acids is 1. The average molecular weight is 416 g/mol. The molecule has 1 N–H and O–H groups in total. The van der Waals surface area contributed by atoms with Gasteiger partial charge in [0, 0.05) is 45.8 Å². The maximum absolute atomic E-state index is 12.7. The van der Waals surface area contributed by atoms with E-state index in [9.17, 15) is 4.79 Å². The maximum Gasteiger partial charge on any atom is 0.239 e. The molecule has 166 valence electrons. The van der Waals surface area contributed by atoms with Crippen LogP contribution in [0.15, 0.2) is 23.2 Å². The minimum absolute atomic E-state index is 0.0372. The fourth-order valence-corrected chi connectivity index (χ4v) is 4.23. The van der Waals surface area contributed by atoms with Crippen LogP contribution in [0.5, 0.6) is 5.75 Å². The van der Waals surface area contributed by atoms with Crippen LogP contribution in [0, 0.1) is 6.92 Å². The van der Waals surface area contributed by atoms with E-state index in [0.29, 0.717) is 6.54 Å². The smallest absolute Gasteiger partial charge is 0.239 e. The molecule has 0 spiro atoms. The SMILES string of the molecule is CCNC(=NCc1ccc(C)c(OC)c1)N1CCN(C(C)C(=O)N2CCCC2)CC1. The Labute approximate surface area is 181 Å². The summed E-state index contributed by atoms with van der Waals surface area (Å²) in [6.45, 7) is 13.0. The largest absolute Gasteiger partial charge is 0.496 e. The first-order chi connectivity index (χ1) is 14.5. The standard InChI is InChI=1S/C23H37N5O2/c1-5-24-23(25-17-20-9-8-18(2)21(16-20)30-4)28-14-12-26(13-15-28)19(3)22(29)27-10-6-7-11-27/h8-9,16,19H,5-7,10-15,17H2,1-4H3,(H,24,25). The highest BCUT2D eigenvalue weighted by molar-refractivity contribution is 5.82. The first-order valence-electron chi connectivity index (χ1n) is 11.2. The molecule has 0 aromatic heterocycles. The van der Waals surface area contributed by atoms with Crippen LogP contribution in [0.25, 0.3) is 0 Å². The molecule has 1 unspecified atom stereocenters. The molecule has 1 amide bonds. The topological polar surface area (TPSA) is 60.4 Å².